The van der Waals surface area contributed by atoms with E-state index in [1.807, 2.05) is 6.92 Å². The van der Waals surface area contributed by atoms with Gasteiger partial charge in [-0.25, -0.2) is 13.2 Å². The van der Waals surface area contributed by atoms with Gasteiger partial charge < -0.3 is 10.2 Å². The first-order chi connectivity index (χ1) is 12.1. The summed E-state index contributed by atoms with van der Waals surface area (Å²) in [7, 11) is -3.27. The maximum Gasteiger partial charge on any atom is 0.325 e. The van der Waals surface area contributed by atoms with Crippen LogP contribution in [-0.4, -0.2) is 84.9 Å². The fraction of sp³-hybridized carbons (Fsp3) is 0.812. The van der Waals surface area contributed by atoms with Crippen LogP contribution in [0.4, 0.5) is 4.79 Å². The first kappa shape index (κ1) is 19.1. The van der Waals surface area contributed by atoms with Crippen LogP contribution in [0.5, 0.6) is 0 Å². The molecule has 1 aliphatic carbocycles. The minimum atomic E-state index is -3.27. The minimum Gasteiger partial charge on any atom is -0.338 e. The van der Waals surface area contributed by atoms with E-state index < -0.39 is 21.6 Å². The van der Waals surface area contributed by atoms with Crippen LogP contribution in [0.25, 0.3) is 0 Å². The van der Waals surface area contributed by atoms with Crippen molar-refractivity contribution in [2.75, 3.05) is 39.0 Å². The number of urea groups is 1. The molecule has 0 bridgehead atoms. The number of hydrogen-bond acceptors (Lipinski definition) is 5. The Kier molecular flexibility index (Phi) is 5.00. The molecule has 1 spiro atoms. The van der Waals surface area contributed by atoms with Crippen molar-refractivity contribution in [1.82, 2.24) is 19.4 Å². The Morgan fingerprint density at radius 3 is 2.42 bits per heavy atom. The van der Waals surface area contributed by atoms with E-state index in [2.05, 4.69) is 5.32 Å². The van der Waals surface area contributed by atoms with E-state index >= 15 is 0 Å². The summed E-state index contributed by atoms with van der Waals surface area (Å²) in [6.45, 7) is 2.65. The van der Waals surface area contributed by atoms with Crippen LogP contribution in [0, 0.1) is 5.92 Å². The quantitative estimate of drug-likeness (QED) is 0.664. The Morgan fingerprint density at radius 2 is 1.85 bits per heavy atom. The number of carbonyl (C=O) groups is 3. The van der Waals surface area contributed by atoms with E-state index in [1.165, 1.54) is 9.21 Å². The normalized spacial score (nSPS) is 30.8. The fourth-order valence-electron chi connectivity index (χ4n) is 4.14. The van der Waals surface area contributed by atoms with E-state index in [1.54, 1.807) is 0 Å². The lowest BCUT2D eigenvalue weighted by molar-refractivity contribution is -0.141. The SMILES string of the molecule is CC1CCCCC12NC(=O)N(CC(=O)N1CCN(S(C)(=O)=O)CC1)C2=O. The van der Waals surface area contributed by atoms with Gasteiger partial charge in [0.05, 0.1) is 6.26 Å². The Labute approximate surface area is 153 Å². The summed E-state index contributed by atoms with van der Waals surface area (Å²) in [5.41, 5.74) is -0.870. The summed E-state index contributed by atoms with van der Waals surface area (Å²) in [5.74, 6) is -0.592. The van der Waals surface area contributed by atoms with Crippen LogP contribution >= 0.6 is 0 Å². The lowest BCUT2D eigenvalue weighted by Crippen LogP contribution is -2.55. The third-order valence-electron chi connectivity index (χ3n) is 5.86. The molecule has 2 saturated heterocycles. The topological polar surface area (TPSA) is 107 Å². The van der Waals surface area contributed by atoms with Crippen molar-refractivity contribution in [3.8, 4) is 0 Å². The maximum atomic E-state index is 12.9. The van der Waals surface area contributed by atoms with Crippen LogP contribution in [0.3, 0.4) is 0 Å². The zero-order valence-electron chi connectivity index (χ0n) is 15.2. The van der Waals surface area contributed by atoms with Gasteiger partial charge in [-0.2, -0.15) is 4.31 Å². The van der Waals surface area contributed by atoms with E-state index in [9.17, 15) is 22.8 Å². The molecule has 26 heavy (non-hydrogen) atoms. The number of imide groups is 1. The zero-order chi connectivity index (χ0) is 19.1. The Balaban J connectivity index is 1.63. The van der Waals surface area contributed by atoms with Gasteiger partial charge in [0.2, 0.25) is 15.9 Å². The highest BCUT2D eigenvalue weighted by Crippen LogP contribution is 2.38. The fourth-order valence-corrected chi connectivity index (χ4v) is 4.97. The standard InChI is InChI=1S/C16H26N4O5S/c1-12-5-3-4-6-16(12)14(22)20(15(23)17-16)11-13(21)18-7-9-19(10-8-18)26(2,24)25/h12H,3-11H2,1-2H3,(H,17,23). The smallest absolute Gasteiger partial charge is 0.325 e. The van der Waals surface area contributed by atoms with Gasteiger partial charge in [0.15, 0.2) is 0 Å². The first-order valence-electron chi connectivity index (χ1n) is 9.02. The predicted molar refractivity (Wildman–Crippen MR) is 93.6 cm³/mol. The lowest BCUT2D eigenvalue weighted by atomic mass is 9.73. The molecule has 2 atom stereocenters. The van der Waals surface area contributed by atoms with Gasteiger partial charge in [-0.3, -0.25) is 14.5 Å². The molecule has 9 nitrogen and oxygen atoms in total. The largest absolute Gasteiger partial charge is 0.338 e. The second-order valence-electron chi connectivity index (χ2n) is 7.48. The van der Waals surface area contributed by atoms with E-state index in [0.717, 1.165) is 30.4 Å². The highest BCUT2D eigenvalue weighted by atomic mass is 32.2. The molecule has 4 amide bonds. The summed E-state index contributed by atoms with van der Waals surface area (Å²) in [6.07, 6.45) is 4.54. The van der Waals surface area contributed by atoms with Crippen molar-refractivity contribution in [3.63, 3.8) is 0 Å². The average molecular weight is 386 g/mol. The summed E-state index contributed by atoms with van der Waals surface area (Å²) in [5, 5.41) is 2.83. The molecule has 0 aromatic heterocycles. The highest BCUT2D eigenvalue weighted by molar-refractivity contribution is 7.88. The molecule has 0 aromatic carbocycles. The molecule has 2 heterocycles. The third kappa shape index (κ3) is 3.32. The van der Waals surface area contributed by atoms with Crippen LogP contribution in [0.1, 0.15) is 32.6 Å². The monoisotopic (exact) mass is 386 g/mol. The molecule has 2 unspecified atom stereocenters. The molecule has 2 aliphatic heterocycles. The molecule has 3 aliphatic rings. The van der Waals surface area contributed by atoms with Crippen molar-refractivity contribution in [2.24, 2.45) is 5.92 Å². The third-order valence-corrected chi connectivity index (χ3v) is 7.16. The Bertz CT molecular complexity index is 716. The van der Waals surface area contributed by atoms with Crippen molar-refractivity contribution in [3.05, 3.63) is 0 Å². The number of hydrogen-bond donors (Lipinski definition) is 1. The molecule has 146 valence electrons. The van der Waals surface area contributed by atoms with Gasteiger partial charge in [0.25, 0.3) is 5.91 Å². The van der Waals surface area contributed by atoms with Crippen LogP contribution in [0.2, 0.25) is 0 Å². The second kappa shape index (κ2) is 6.80. The molecular weight excluding hydrogens is 360 g/mol. The molecular formula is C16H26N4O5S. The number of rotatable bonds is 3. The minimum absolute atomic E-state index is 0.0473. The van der Waals surface area contributed by atoms with Gasteiger partial charge in [-0.05, 0) is 18.8 Å². The van der Waals surface area contributed by atoms with Gasteiger partial charge in [0.1, 0.15) is 12.1 Å². The summed E-state index contributed by atoms with van der Waals surface area (Å²) in [4.78, 5) is 40.3. The van der Waals surface area contributed by atoms with Gasteiger partial charge >= 0.3 is 6.03 Å². The number of nitrogens with zero attached hydrogens (tertiary/aromatic N) is 3. The van der Waals surface area contributed by atoms with Crippen LogP contribution in [0.15, 0.2) is 0 Å². The Hall–Kier alpha value is -1.68. The van der Waals surface area contributed by atoms with Crippen molar-refractivity contribution in [2.45, 2.75) is 38.1 Å². The molecule has 3 rings (SSSR count). The van der Waals surface area contributed by atoms with Crippen molar-refractivity contribution in [1.29, 1.82) is 0 Å². The average Bonchev–Trinajstić information content (AvgIpc) is 2.82. The number of nitrogens with one attached hydrogen (secondary N) is 1. The number of carbonyl (C=O) groups excluding carboxylic acids is 3. The van der Waals surface area contributed by atoms with Crippen molar-refractivity contribution >= 4 is 27.9 Å². The summed E-state index contributed by atoms with van der Waals surface area (Å²) < 4.78 is 24.4. The summed E-state index contributed by atoms with van der Waals surface area (Å²) in [6, 6.07) is -0.508. The number of sulfonamides is 1. The molecule has 0 radical (unpaired) electrons. The van der Waals surface area contributed by atoms with E-state index in [4.69, 9.17) is 0 Å². The molecule has 0 aromatic rings. The maximum absolute atomic E-state index is 12.9. The van der Waals surface area contributed by atoms with Crippen LogP contribution in [-0.2, 0) is 19.6 Å². The van der Waals surface area contributed by atoms with Crippen LogP contribution < -0.4 is 5.32 Å². The first-order valence-corrected chi connectivity index (χ1v) is 10.9. The van der Waals surface area contributed by atoms with Crippen molar-refractivity contribution < 1.29 is 22.8 Å². The number of piperazine rings is 1. The number of amides is 4. The summed E-state index contributed by atoms with van der Waals surface area (Å²) >= 11 is 0. The molecule has 10 heteroatoms. The van der Waals surface area contributed by atoms with Gasteiger partial charge in [-0.15, -0.1) is 0 Å². The van der Waals surface area contributed by atoms with Gasteiger partial charge in [0, 0.05) is 26.2 Å². The van der Waals surface area contributed by atoms with E-state index in [-0.39, 0.29) is 50.5 Å². The second-order valence-corrected chi connectivity index (χ2v) is 9.46. The zero-order valence-corrected chi connectivity index (χ0v) is 16.0. The highest BCUT2D eigenvalue weighted by Gasteiger charge is 2.55. The lowest BCUT2D eigenvalue weighted by Gasteiger charge is -2.37. The molecule has 1 saturated carbocycles. The van der Waals surface area contributed by atoms with Gasteiger partial charge in [-0.1, -0.05) is 19.8 Å². The molecule has 3 fully saturated rings. The Morgan fingerprint density at radius 1 is 1.19 bits per heavy atom. The molecule has 1 N–H and O–H groups in total. The predicted octanol–water partition coefficient (Wildman–Crippen LogP) is -0.409. The van der Waals surface area contributed by atoms with E-state index in [0.29, 0.717) is 6.42 Å².